The predicted molar refractivity (Wildman–Crippen MR) is 145 cm³/mol. The maximum Gasteiger partial charge on any atom is 0.290 e. The van der Waals surface area contributed by atoms with E-state index >= 15 is 0 Å². The first-order valence-corrected chi connectivity index (χ1v) is 14.3. The van der Waals surface area contributed by atoms with Crippen LogP contribution in [0.15, 0.2) is 16.5 Å². The molecule has 1 spiro atoms. The second-order valence-electron chi connectivity index (χ2n) is 13.7. The third kappa shape index (κ3) is 4.43. The zero-order valence-corrected chi connectivity index (χ0v) is 23.6. The molecule has 2 aromatic heterocycles. The summed E-state index contributed by atoms with van der Waals surface area (Å²) in [7, 11) is 0. The van der Waals surface area contributed by atoms with E-state index in [0.717, 1.165) is 28.9 Å². The third-order valence-electron chi connectivity index (χ3n) is 9.37. The molecular formula is C30H42N4O4. The zero-order chi connectivity index (χ0) is 26.9. The predicted octanol–water partition coefficient (Wildman–Crippen LogP) is 4.22. The molecule has 0 aromatic carbocycles. The largest absolute Gasteiger partial charge is 0.449 e. The molecule has 38 heavy (non-hydrogen) atoms. The second kappa shape index (κ2) is 9.05. The molecule has 1 atom stereocenters. The van der Waals surface area contributed by atoms with Gasteiger partial charge in [0.2, 0.25) is 0 Å². The van der Waals surface area contributed by atoms with E-state index in [1.807, 2.05) is 29.7 Å². The van der Waals surface area contributed by atoms with Crippen molar-refractivity contribution in [3.05, 3.63) is 29.2 Å². The van der Waals surface area contributed by atoms with Crippen LogP contribution in [0.4, 0.5) is 0 Å². The van der Waals surface area contributed by atoms with Gasteiger partial charge in [0.05, 0.1) is 12.1 Å². The number of aromatic nitrogens is 1. The molecule has 206 valence electrons. The summed E-state index contributed by atoms with van der Waals surface area (Å²) >= 11 is 0. The monoisotopic (exact) mass is 522 g/mol. The number of rotatable bonds is 3. The number of ether oxygens (including phenoxy) is 1. The molecule has 2 amide bonds. The molecule has 2 saturated carbocycles. The SMILES string of the molecule is CC(C)(C)c1cc(C2CC3(CCC3)C2)nc2cc(C(=O)N3CCN(C(=O)[C@@H]4CNCCO4)CC3(C)C)oc12. The Bertz CT molecular complexity index is 1240. The molecule has 2 aliphatic carbocycles. The van der Waals surface area contributed by atoms with Crippen molar-refractivity contribution in [1.82, 2.24) is 20.1 Å². The van der Waals surface area contributed by atoms with Crippen LogP contribution in [0.3, 0.4) is 0 Å². The van der Waals surface area contributed by atoms with Crippen LogP contribution in [0.2, 0.25) is 0 Å². The van der Waals surface area contributed by atoms with Gasteiger partial charge in [-0.25, -0.2) is 4.98 Å². The van der Waals surface area contributed by atoms with E-state index in [2.05, 4.69) is 32.2 Å². The molecule has 0 unspecified atom stereocenters. The van der Waals surface area contributed by atoms with Crippen molar-refractivity contribution < 1.29 is 18.7 Å². The summed E-state index contributed by atoms with van der Waals surface area (Å²) in [4.78, 5) is 35.6. The van der Waals surface area contributed by atoms with Gasteiger partial charge < -0.3 is 24.3 Å². The molecule has 4 fully saturated rings. The number of nitrogens with one attached hydrogen (secondary N) is 1. The van der Waals surface area contributed by atoms with E-state index in [9.17, 15) is 9.59 Å². The summed E-state index contributed by atoms with van der Waals surface area (Å²) in [6.45, 7) is 13.8. The standard InChI is InChI=1S/C30H42N4O4/c1-28(2,3)20-13-21(19-15-30(16-19)7-6-8-30)32-22-14-23(38-25(20)22)27(36)34-11-10-33(18-29(34,4)5)26(35)24-17-31-9-12-37-24/h13-14,19,24,31H,6-12,15-18H2,1-5H3/t24-/m0/s1. The Morgan fingerprint density at radius 2 is 1.89 bits per heavy atom. The number of pyridine rings is 1. The van der Waals surface area contributed by atoms with Gasteiger partial charge in [0.1, 0.15) is 11.6 Å². The van der Waals surface area contributed by atoms with Crippen LogP contribution >= 0.6 is 0 Å². The van der Waals surface area contributed by atoms with Gasteiger partial charge in [-0.3, -0.25) is 9.59 Å². The highest BCUT2D eigenvalue weighted by atomic mass is 16.5. The van der Waals surface area contributed by atoms with Crippen LogP contribution in [0.25, 0.3) is 11.1 Å². The Hall–Kier alpha value is -2.45. The van der Waals surface area contributed by atoms with Crippen molar-refractivity contribution in [2.45, 2.75) is 89.7 Å². The lowest BCUT2D eigenvalue weighted by molar-refractivity contribution is -0.149. The van der Waals surface area contributed by atoms with Gasteiger partial charge in [0.25, 0.3) is 11.8 Å². The Morgan fingerprint density at radius 1 is 1.13 bits per heavy atom. The van der Waals surface area contributed by atoms with Gasteiger partial charge >= 0.3 is 0 Å². The van der Waals surface area contributed by atoms with Crippen molar-refractivity contribution >= 4 is 22.9 Å². The number of fused-ring (bicyclic) bond motifs is 1. The number of hydrogen-bond acceptors (Lipinski definition) is 6. The van der Waals surface area contributed by atoms with Crippen molar-refractivity contribution in [2.75, 3.05) is 39.3 Å². The zero-order valence-electron chi connectivity index (χ0n) is 23.6. The number of morpholine rings is 1. The third-order valence-corrected chi connectivity index (χ3v) is 9.37. The quantitative estimate of drug-likeness (QED) is 0.649. The van der Waals surface area contributed by atoms with Crippen LogP contribution in [0, 0.1) is 5.41 Å². The van der Waals surface area contributed by atoms with Gasteiger partial charge in [0, 0.05) is 56.0 Å². The number of hydrogen-bond donors (Lipinski definition) is 1. The highest BCUT2D eigenvalue weighted by Gasteiger charge is 2.49. The number of furan rings is 1. The molecule has 2 aliphatic heterocycles. The second-order valence-corrected chi connectivity index (χ2v) is 13.7. The van der Waals surface area contributed by atoms with Gasteiger partial charge in [-0.15, -0.1) is 0 Å². The lowest BCUT2D eigenvalue weighted by atomic mass is 9.51. The fourth-order valence-electron chi connectivity index (χ4n) is 6.97. The van der Waals surface area contributed by atoms with Crippen LogP contribution in [0.5, 0.6) is 0 Å². The summed E-state index contributed by atoms with van der Waals surface area (Å²) in [6.07, 6.45) is 6.10. The Balaban J connectivity index is 1.24. The van der Waals surface area contributed by atoms with Crippen molar-refractivity contribution in [1.29, 1.82) is 0 Å². The summed E-state index contributed by atoms with van der Waals surface area (Å²) in [6, 6.07) is 4.07. The number of carbonyl (C=O) groups is 2. The van der Waals surface area contributed by atoms with Crippen LogP contribution in [-0.2, 0) is 14.9 Å². The summed E-state index contributed by atoms with van der Waals surface area (Å²) in [5.41, 5.74) is 3.66. The highest BCUT2D eigenvalue weighted by molar-refractivity contribution is 5.96. The molecule has 2 aromatic rings. The lowest BCUT2D eigenvalue weighted by Crippen LogP contribution is -2.64. The smallest absolute Gasteiger partial charge is 0.290 e. The maximum absolute atomic E-state index is 13.8. The fraction of sp³-hybridized carbons (Fsp3) is 0.700. The first-order valence-electron chi connectivity index (χ1n) is 14.3. The minimum atomic E-state index is -0.541. The molecule has 2 saturated heterocycles. The minimum Gasteiger partial charge on any atom is -0.449 e. The number of nitrogens with zero attached hydrogens (tertiary/aromatic N) is 3. The highest BCUT2D eigenvalue weighted by Crippen LogP contribution is 2.61. The van der Waals surface area contributed by atoms with Gasteiger partial charge in [-0.2, -0.15) is 0 Å². The van der Waals surface area contributed by atoms with Crippen LogP contribution < -0.4 is 5.32 Å². The van der Waals surface area contributed by atoms with Gasteiger partial charge in [-0.05, 0) is 56.4 Å². The number of amides is 2. The Morgan fingerprint density at radius 3 is 2.50 bits per heavy atom. The lowest BCUT2D eigenvalue weighted by Gasteiger charge is -2.54. The molecule has 8 nitrogen and oxygen atoms in total. The van der Waals surface area contributed by atoms with Crippen molar-refractivity contribution in [3.63, 3.8) is 0 Å². The summed E-state index contributed by atoms with van der Waals surface area (Å²) < 4.78 is 12.0. The van der Waals surface area contributed by atoms with Crippen molar-refractivity contribution in [3.8, 4) is 0 Å². The summed E-state index contributed by atoms with van der Waals surface area (Å²) in [5, 5.41) is 3.22. The molecule has 4 aliphatic rings. The molecular weight excluding hydrogens is 480 g/mol. The van der Waals surface area contributed by atoms with E-state index in [1.165, 1.54) is 32.1 Å². The van der Waals surface area contributed by atoms with Gasteiger partial charge in [0.15, 0.2) is 11.3 Å². The summed E-state index contributed by atoms with van der Waals surface area (Å²) in [5.74, 6) is 0.677. The first-order chi connectivity index (χ1) is 18.0. The van der Waals surface area contributed by atoms with Gasteiger partial charge in [-0.1, -0.05) is 27.2 Å². The van der Waals surface area contributed by atoms with Crippen LogP contribution in [-0.4, -0.2) is 77.6 Å². The number of carbonyl (C=O) groups excluding carboxylic acids is 2. The average molecular weight is 523 g/mol. The topological polar surface area (TPSA) is 87.9 Å². The molecule has 0 radical (unpaired) electrons. The number of piperazine rings is 1. The molecule has 6 rings (SSSR count). The Kier molecular flexibility index (Phi) is 6.15. The average Bonchev–Trinajstić information content (AvgIpc) is 3.24. The van der Waals surface area contributed by atoms with E-state index in [-0.39, 0.29) is 17.2 Å². The maximum atomic E-state index is 13.8. The molecule has 0 bridgehead atoms. The Labute approximate surface area is 225 Å². The van der Waals surface area contributed by atoms with Crippen LogP contribution in [0.1, 0.15) is 94.5 Å². The fourth-order valence-corrected chi connectivity index (χ4v) is 6.97. The minimum absolute atomic E-state index is 0.00710. The molecule has 8 heteroatoms. The first kappa shape index (κ1) is 25.8. The molecule has 1 N–H and O–H groups in total. The molecule has 4 heterocycles. The van der Waals surface area contributed by atoms with E-state index in [1.54, 1.807) is 0 Å². The van der Waals surface area contributed by atoms with Crippen molar-refractivity contribution in [2.24, 2.45) is 5.41 Å². The van der Waals surface area contributed by atoms with E-state index < -0.39 is 11.6 Å². The van der Waals surface area contributed by atoms with E-state index in [4.69, 9.17) is 14.1 Å². The normalized spacial score (nSPS) is 25.3. The van der Waals surface area contributed by atoms with E-state index in [0.29, 0.717) is 49.9 Å².